The van der Waals surface area contributed by atoms with E-state index < -0.39 is 17.5 Å². The normalized spacial score (nSPS) is 25.6. The first-order valence-electron chi connectivity index (χ1n) is 6.76. The second-order valence-electron chi connectivity index (χ2n) is 5.35. The third kappa shape index (κ3) is 4.38. The van der Waals surface area contributed by atoms with E-state index in [9.17, 15) is 14.7 Å². The number of rotatable bonds is 6. The van der Waals surface area contributed by atoms with E-state index in [-0.39, 0.29) is 12.1 Å². The number of hydrogen-bond acceptors (Lipinski definition) is 3. The van der Waals surface area contributed by atoms with Crippen molar-refractivity contribution in [2.45, 2.75) is 63.6 Å². The molecule has 0 spiro atoms. The first-order valence-corrected chi connectivity index (χ1v) is 6.76. The summed E-state index contributed by atoms with van der Waals surface area (Å²) < 4.78 is 5.23. The minimum atomic E-state index is -1.21. The van der Waals surface area contributed by atoms with Gasteiger partial charge in [-0.3, -0.25) is 0 Å². The van der Waals surface area contributed by atoms with Crippen LogP contribution in [0.1, 0.15) is 46.0 Å². The molecule has 1 saturated carbocycles. The fraction of sp³-hybridized carbons (Fsp3) is 0.846. The molecule has 1 fully saturated rings. The maximum atomic E-state index is 11.9. The van der Waals surface area contributed by atoms with Crippen molar-refractivity contribution in [3.05, 3.63) is 0 Å². The van der Waals surface area contributed by atoms with E-state index in [0.29, 0.717) is 12.8 Å². The minimum Gasteiger partial charge on any atom is -0.480 e. The highest BCUT2D eigenvalue weighted by Crippen LogP contribution is 2.21. The molecular formula is C13H24N2O4. The zero-order valence-electron chi connectivity index (χ0n) is 11.9. The first-order chi connectivity index (χ1) is 8.91. The molecule has 0 saturated heterocycles. The lowest BCUT2D eigenvalue weighted by molar-refractivity contribution is -0.144. The van der Waals surface area contributed by atoms with E-state index in [0.717, 1.165) is 19.3 Å². The van der Waals surface area contributed by atoms with Crippen LogP contribution in [0, 0.1) is 0 Å². The standard InChI is InChI=1S/C13H24N2O4/c1-4-7-13(2,11(16)17)15-12(18)14-9-5-6-10(8-9)19-3/h9-10H,4-8H2,1-3H3,(H,16,17)(H2,14,15,18). The maximum Gasteiger partial charge on any atom is 0.329 e. The van der Waals surface area contributed by atoms with Crippen molar-refractivity contribution >= 4 is 12.0 Å². The highest BCUT2D eigenvalue weighted by atomic mass is 16.5. The average Bonchev–Trinajstić information content (AvgIpc) is 2.76. The van der Waals surface area contributed by atoms with E-state index in [4.69, 9.17) is 4.74 Å². The number of hydrogen-bond donors (Lipinski definition) is 3. The summed E-state index contributed by atoms with van der Waals surface area (Å²) in [5, 5.41) is 14.6. The number of carbonyl (C=O) groups is 2. The second kappa shape index (κ2) is 6.75. The van der Waals surface area contributed by atoms with Crippen molar-refractivity contribution in [1.29, 1.82) is 0 Å². The quantitative estimate of drug-likeness (QED) is 0.683. The number of ether oxygens (including phenoxy) is 1. The van der Waals surface area contributed by atoms with Gasteiger partial charge in [-0.05, 0) is 32.6 Å². The molecule has 0 aromatic carbocycles. The molecule has 0 aliphatic heterocycles. The van der Waals surface area contributed by atoms with Gasteiger partial charge in [-0.1, -0.05) is 13.3 Å². The van der Waals surface area contributed by atoms with Gasteiger partial charge in [0.1, 0.15) is 5.54 Å². The van der Waals surface area contributed by atoms with E-state index in [2.05, 4.69) is 10.6 Å². The van der Waals surface area contributed by atoms with Gasteiger partial charge in [0.15, 0.2) is 0 Å². The summed E-state index contributed by atoms with van der Waals surface area (Å²) in [5.41, 5.74) is -1.21. The molecule has 3 unspecified atom stereocenters. The number of methoxy groups -OCH3 is 1. The van der Waals surface area contributed by atoms with Crippen LogP contribution in [0.3, 0.4) is 0 Å². The van der Waals surface area contributed by atoms with Crippen molar-refractivity contribution in [2.24, 2.45) is 0 Å². The Hall–Kier alpha value is -1.30. The van der Waals surface area contributed by atoms with Gasteiger partial charge in [-0.15, -0.1) is 0 Å². The maximum absolute atomic E-state index is 11.9. The summed E-state index contributed by atoms with van der Waals surface area (Å²) in [7, 11) is 1.66. The highest BCUT2D eigenvalue weighted by molar-refractivity contribution is 5.85. The van der Waals surface area contributed by atoms with Crippen molar-refractivity contribution in [2.75, 3.05) is 7.11 Å². The van der Waals surface area contributed by atoms with Crippen LogP contribution in [-0.2, 0) is 9.53 Å². The smallest absolute Gasteiger partial charge is 0.329 e. The summed E-state index contributed by atoms with van der Waals surface area (Å²) >= 11 is 0. The van der Waals surface area contributed by atoms with Crippen LogP contribution >= 0.6 is 0 Å². The van der Waals surface area contributed by atoms with Crippen molar-refractivity contribution in [1.82, 2.24) is 10.6 Å². The molecule has 1 aliphatic carbocycles. The Bertz CT molecular complexity index is 335. The van der Waals surface area contributed by atoms with Crippen LogP contribution in [0.15, 0.2) is 0 Å². The van der Waals surface area contributed by atoms with Gasteiger partial charge in [0, 0.05) is 13.2 Å². The van der Waals surface area contributed by atoms with Crippen molar-refractivity contribution in [3.63, 3.8) is 0 Å². The average molecular weight is 272 g/mol. The molecule has 6 heteroatoms. The van der Waals surface area contributed by atoms with Crippen molar-refractivity contribution < 1.29 is 19.4 Å². The number of carboxylic acids is 1. The fourth-order valence-electron chi connectivity index (χ4n) is 2.48. The van der Waals surface area contributed by atoms with Crippen LogP contribution in [0.5, 0.6) is 0 Å². The van der Waals surface area contributed by atoms with E-state index in [1.807, 2.05) is 6.92 Å². The molecule has 6 nitrogen and oxygen atoms in total. The molecule has 3 atom stereocenters. The molecule has 1 aliphatic rings. The van der Waals surface area contributed by atoms with Gasteiger partial charge in [-0.2, -0.15) is 0 Å². The Balaban J connectivity index is 2.47. The van der Waals surface area contributed by atoms with Gasteiger partial charge in [0.25, 0.3) is 0 Å². The lowest BCUT2D eigenvalue weighted by Crippen LogP contribution is -2.56. The van der Waals surface area contributed by atoms with Gasteiger partial charge >= 0.3 is 12.0 Å². The topological polar surface area (TPSA) is 87.7 Å². The molecule has 19 heavy (non-hydrogen) atoms. The Morgan fingerprint density at radius 1 is 1.42 bits per heavy atom. The molecule has 0 bridgehead atoms. The Morgan fingerprint density at radius 2 is 2.11 bits per heavy atom. The zero-order chi connectivity index (χ0) is 14.5. The first kappa shape index (κ1) is 15.8. The predicted molar refractivity (Wildman–Crippen MR) is 71.1 cm³/mol. The molecule has 0 radical (unpaired) electrons. The third-order valence-electron chi connectivity index (χ3n) is 3.66. The molecule has 0 aromatic heterocycles. The number of nitrogens with one attached hydrogen (secondary N) is 2. The molecule has 3 N–H and O–H groups in total. The van der Waals surface area contributed by atoms with Gasteiger partial charge in [-0.25, -0.2) is 9.59 Å². The number of aliphatic carboxylic acids is 1. The van der Waals surface area contributed by atoms with E-state index in [1.165, 1.54) is 6.92 Å². The lowest BCUT2D eigenvalue weighted by Gasteiger charge is -2.26. The van der Waals surface area contributed by atoms with Gasteiger partial charge in [0.05, 0.1) is 6.10 Å². The highest BCUT2D eigenvalue weighted by Gasteiger charge is 2.35. The predicted octanol–water partition coefficient (Wildman–Crippen LogP) is 1.50. The summed E-state index contributed by atoms with van der Waals surface area (Å²) in [5.74, 6) is -1.01. The van der Waals surface area contributed by atoms with E-state index in [1.54, 1.807) is 7.11 Å². The fourth-order valence-corrected chi connectivity index (χ4v) is 2.48. The SMILES string of the molecule is CCCC(C)(NC(=O)NC1CCC(OC)C1)C(=O)O. The minimum absolute atomic E-state index is 0.0598. The summed E-state index contributed by atoms with van der Waals surface area (Å²) in [6.45, 7) is 3.42. The number of amides is 2. The Kier molecular flexibility index (Phi) is 5.60. The molecule has 1 rings (SSSR count). The van der Waals surface area contributed by atoms with Crippen LogP contribution in [0.25, 0.3) is 0 Å². The van der Waals surface area contributed by atoms with E-state index >= 15 is 0 Å². The van der Waals surface area contributed by atoms with Gasteiger partial charge < -0.3 is 20.5 Å². The number of carbonyl (C=O) groups excluding carboxylic acids is 1. The van der Waals surface area contributed by atoms with Crippen molar-refractivity contribution in [3.8, 4) is 0 Å². The Morgan fingerprint density at radius 3 is 2.58 bits per heavy atom. The summed E-state index contributed by atoms with van der Waals surface area (Å²) in [6.07, 6.45) is 3.85. The molecule has 110 valence electrons. The molecule has 2 amide bonds. The third-order valence-corrected chi connectivity index (χ3v) is 3.66. The van der Waals surface area contributed by atoms with Crippen LogP contribution < -0.4 is 10.6 Å². The lowest BCUT2D eigenvalue weighted by atomic mass is 9.96. The van der Waals surface area contributed by atoms with Crippen LogP contribution in [-0.4, -0.2) is 41.9 Å². The summed E-state index contributed by atoms with van der Waals surface area (Å²) in [6, 6.07) is -0.357. The molecule has 0 aromatic rings. The van der Waals surface area contributed by atoms with Gasteiger partial charge in [0.2, 0.25) is 0 Å². The zero-order valence-corrected chi connectivity index (χ0v) is 11.9. The number of carboxylic acid groups (broad SMARTS) is 1. The second-order valence-corrected chi connectivity index (χ2v) is 5.35. The number of urea groups is 1. The monoisotopic (exact) mass is 272 g/mol. The van der Waals surface area contributed by atoms with Crippen LogP contribution in [0.2, 0.25) is 0 Å². The Labute approximate surface area is 113 Å². The molecule has 0 heterocycles. The summed E-state index contributed by atoms with van der Waals surface area (Å²) in [4.78, 5) is 23.1. The largest absolute Gasteiger partial charge is 0.480 e. The van der Waals surface area contributed by atoms with Crippen LogP contribution in [0.4, 0.5) is 4.79 Å². The molecular weight excluding hydrogens is 248 g/mol.